The highest BCUT2D eigenvalue weighted by molar-refractivity contribution is 8.03. The predicted molar refractivity (Wildman–Crippen MR) is 80.0 cm³/mol. The van der Waals surface area contributed by atoms with E-state index < -0.39 is 0 Å². The first-order valence-electron chi connectivity index (χ1n) is 5.39. The van der Waals surface area contributed by atoms with Gasteiger partial charge in [-0.1, -0.05) is 11.8 Å². The Balaban J connectivity index is 0.00000180. The van der Waals surface area contributed by atoms with Crippen molar-refractivity contribution in [1.29, 1.82) is 0 Å². The van der Waals surface area contributed by atoms with Gasteiger partial charge < -0.3 is 28.7 Å². The summed E-state index contributed by atoms with van der Waals surface area (Å²) in [7, 11) is 5.12. The Kier molecular flexibility index (Phi) is 7.27. The number of ketones is 1. The molecule has 0 aliphatic carbocycles. The summed E-state index contributed by atoms with van der Waals surface area (Å²) in [5.41, 5.74) is 1.19. The molecule has 2 nitrogen and oxygen atoms in total. The van der Waals surface area contributed by atoms with E-state index in [1.54, 1.807) is 46.5 Å². The van der Waals surface area contributed by atoms with Crippen molar-refractivity contribution in [2.24, 2.45) is 0 Å². The van der Waals surface area contributed by atoms with Crippen LogP contribution >= 0.6 is 32.4 Å². The van der Waals surface area contributed by atoms with Crippen molar-refractivity contribution in [3.63, 3.8) is 0 Å². The van der Waals surface area contributed by atoms with Crippen molar-refractivity contribution in [3.05, 3.63) is 30.3 Å². The molecule has 0 radical (unpaired) electrons. The Morgan fingerprint density at radius 2 is 2.05 bits per heavy atom. The van der Waals surface area contributed by atoms with Crippen LogP contribution in [0, 0.1) is 0 Å². The fourth-order valence-corrected chi connectivity index (χ4v) is 5.00. The lowest BCUT2D eigenvalue weighted by molar-refractivity contribution is -0.114. The molecule has 1 heterocycles. The fourth-order valence-electron chi connectivity index (χ4n) is 1.37. The molecule has 0 fully saturated rings. The van der Waals surface area contributed by atoms with Crippen molar-refractivity contribution >= 4 is 38.2 Å². The maximum Gasteiger partial charge on any atom is 0.308 e. The predicted octanol–water partition coefficient (Wildman–Crippen LogP) is 1.45. The lowest BCUT2D eigenvalue weighted by Crippen LogP contribution is -3.00. The number of carbonyl (C=O) groups excluding carboxylic acids is 1. The van der Waals surface area contributed by atoms with E-state index in [1.165, 1.54) is 14.6 Å². The van der Waals surface area contributed by atoms with Crippen LogP contribution in [0.2, 0.25) is 0 Å². The van der Waals surface area contributed by atoms with Gasteiger partial charge in [0.2, 0.25) is 0 Å². The Morgan fingerprint density at radius 1 is 1.37 bits per heavy atom. The molecule has 0 amide bonds. The number of benzene rings is 1. The second kappa shape index (κ2) is 8.18. The minimum absolute atomic E-state index is 0. The standard InChI is InChI=1S/C13H13O2S3.HI/c1-9(14)8-16-13-7-12(17-18-13)10-3-5-11(15-2)6-4-10;/h3-7H,8H2,1-2H3;1H/q+1;/p-1. The quantitative estimate of drug-likeness (QED) is 0.315. The molecule has 0 N–H and O–H groups in total. The van der Waals surface area contributed by atoms with Crippen LogP contribution in [-0.2, 0) is 4.79 Å². The summed E-state index contributed by atoms with van der Waals surface area (Å²) >= 11 is 1.61. The molecule has 102 valence electrons. The molecule has 0 saturated heterocycles. The van der Waals surface area contributed by atoms with Gasteiger partial charge in [0.1, 0.15) is 11.5 Å². The normalized spacial score (nSPS) is 9.79. The summed E-state index contributed by atoms with van der Waals surface area (Å²) in [6.07, 6.45) is 0. The highest BCUT2D eigenvalue weighted by Crippen LogP contribution is 2.37. The largest absolute Gasteiger partial charge is 1.00 e. The topological polar surface area (TPSA) is 26.3 Å². The number of rotatable bonds is 5. The van der Waals surface area contributed by atoms with Crippen molar-refractivity contribution in [1.82, 2.24) is 0 Å². The molecule has 1 aromatic heterocycles. The summed E-state index contributed by atoms with van der Waals surface area (Å²) in [4.78, 5) is 12.2. The van der Waals surface area contributed by atoms with Gasteiger partial charge in [0.05, 0.1) is 17.7 Å². The summed E-state index contributed by atoms with van der Waals surface area (Å²) < 4.78 is 6.33. The first-order valence-corrected chi connectivity index (χ1v) is 8.52. The Bertz CT molecular complexity index is 537. The summed E-state index contributed by atoms with van der Waals surface area (Å²) in [5, 5.41) is 0. The van der Waals surface area contributed by atoms with E-state index in [2.05, 4.69) is 18.2 Å². The van der Waals surface area contributed by atoms with Crippen LogP contribution in [-0.4, -0.2) is 18.6 Å². The Hall–Kier alpha value is -0.180. The van der Waals surface area contributed by atoms with E-state index >= 15 is 0 Å². The van der Waals surface area contributed by atoms with E-state index in [9.17, 15) is 4.79 Å². The van der Waals surface area contributed by atoms with Crippen LogP contribution in [0.15, 0.2) is 34.5 Å². The lowest BCUT2D eigenvalue weighted by Gasteiger charge is -1.99. The number of halogens is 1. The molecule has 0 bridgehead atoms. The van der Waals surface area contributed by atoms with E-state index in [4.69, 9.17) is 4.74 Å². The molecular weight excluding hydrogens is 411 g/mol. The number of methoxy groups -OCH3 is 1. The van der Waals surface area contributed by atoms with Gasteiger partial charge in [0.15, 0.2) is 10.3 Å². The maximum absolute atomic E-state index is 10.9. The summed E-state index contributed by atoms with van der Waals surface area (Å²) in [6, 6.07) is 10.2. The van der Waals surface area contributed by atoms with Gasteiger partial charge in [-0.25, -0.2) is 0 Å². The number of hydrogen-bond donors (Lipinski definition) is 0. The number of ether oxygens (including phenoxy) is 1. The fraction of sp³-hybridized carbons (Fsp3) is 0.231. The van der Waals surface area contributed by atoms with Crippen molar-refractivity contribution in [3.8, 4) is 16.2 Å². The molecule has 0 saturated carbocycles. The molecule has 0 spiro atoms. The molecule has 19 heavy (non-hydrogen) atoms. The minimum atomic E-state index is 0. The molecular formula is C13H13IO2S3. The highest BCUT2D eigenvalue weighted by Gasteiger charge is 2.16. The summed E-state index contributed by atoms with van der Waals surface area (Å²) in [6.45, 7) is 1.62. The van der Waals surface area contributed by atoms with Crippen molar-refractivity contribution in [2.45, 2.75) is 11.1 Å². The molecule has 0 aliphatic rings. The zero-order valence-corrected chi connectivity index (χ0v) is 15.1. The van der Waals surface area contributed by atoms with Crippen LogP contribution in [0.1, 0.15) is 6.92 Å². The number of Topliss-reactive ketones (excluding diaryl/α,β-unsaturated/α-hetero) is 1. The third-order valence-electron chi connectivity index (χ3n) is 2.25. The van der Waals surface area contributed by atoms with Crippen LogP contribution in [0.5, 0.6) is 5.75 Å². The Morgan fingerprint density at radius 3 is 2.63 bits per heavy atom. The third kappa shape index (κ3) is 5.02. The first kappa shape index (κ1) is 16.9. The monoisotopic (exact) mass is 424 g/mol. The average Bonchev–Trinajstić information content (AvgIpc) is 2.85. The van der Waals surface area contributed by atoms with E-state index in [0.29, 0.717) is 5.75 Å². The highest BCUT2D eigenvalue weighted by atomic mass is 127. The average molecular weight is 424 g/mol. The zero-order valence-electron chi connectivity index (χ0n) is 10.5. The second-order valence-electron chi connectivity index (χ2n) is 3.71. The van der Waals surface area contributed by atoms with Crippen LogP contribution in [0.4, 0.5) is 0 Å². The molecule has 1 aromatic carbocycles. The maximum atomic E-state index is 10.9. The lowest BCUT2D eigenvalue weighted by atomic mass is 10.2. The second-order valence-corrected chi connectivity index (χ2v) is 7.20. The summed E-state index contributed by atoms with van der Waals surface area (Å²) in [5.74, 6) is 1.63. The van der Waals surface area contributed by atoms with Gasteiger partial charge >= 0.3 is 10.3 Å². The third-order valence-corrected chi connectivity index (χ3v) is 6.35. The van der Waals surface area contributed by atoms with Crippen LogP contribution in [0.3, 0.4) is 0 Å². The van der Waals surface area contributed by atoms with Gasteiger partial charge in [-0.05, 0) is 36.8 Å². The SMILES string of the molecule is COc1ccc(-c2cc(SCC(C)=O)[s+]s2)cc1.[I-]. The first-order chi connectivity index (χ1) is 8.69. The smallest absolute Gasteiger partial charge is 0.308 e. The molecule has 0 aliphatic heterocycles. The number of thioether (sulfide) groups is 1. The number of hydrogen-bond acceptors (Lipinski definition) is 4. The zero-order chi connectivity index (χ0) is 13.0. The van der Waals surface area contributed by atoms with E-state index in [1.807, 2.05) is 12.1 Å². The van der Waals surface area contributed by atoms with Gasteiger partial charge in [0.25, 0.3) is 4.21 Å². The Labute approximate surface area is 141 Å². The van der Waals surface area contributed by atoms with E-state index in [0.717, 1.165) is 5.75 Å². The van der Waals surface area contributed by atoms with Gasteiger partial charge in [-0.2, -0.15) is 0 Å². The van der Waals surface area contributed by atoms with Crippen LogP contribution < -0.4 is 28.7 Å². The molecule has 0 unspecified atom stereocenters. The minimum Gasteiger partial charge on any atom is -1.00 e. The number of carbonyl (C=O) groups is 1. The van der Waals surface area contributed by atoms with Crippen molar-refractivity contribution < 1.29 is 33.5 Å². The van der Waals surface area contributed by atoms with Crippen LogP contribution in [0.25, 0.3) is 10.4 Å². The van der Waals surface area contributed by atoms with E-state index in [-0.39, 0.29) is 29.8 Å². The van der Waals surface area contributed by atoms with Gasteiger partial charge in [0, 0.05) is 6.07 Å². The van der Waals surface area contributed by atoms with Crippen molar-refractivity contribution in [2.75, 3.05) is 12.9 Å². The molecule has 2 rings (SSSR count). The molecule has 2 aromatic rings. The molecule has 6 heteroatoms. The van der Waals surface area contributed by atoms with Gasteiger partial charge in [-0.3, -0.25) is 4.79 Å². The van der Waals surface area contributed by atoms with Gasteiger partial charge in [-0.15, -0.1) is 0 Å². The molecule has 0 atom stereocenters.